The highest BCUT2D eigenvalue weighted by molar-refractivity contribution is 5.92. The smallest absolute Gasteiger partial charge is 0.163 e. The summed E-state index contributed by atoms with van der Waals surface area (Å²) in [4.78, 5) is 12.3. The third kappa shape index (κ3) is 4.38. The van der Waals surface area contributed by atoms with Crippen molar-refractivity contribution < 1.29 is 14.3 Å². The fourth-order valence-electron chi connectivity index (χ4n) is 4.16. The second-order valence-corrected chi connectivity index (χ2v) is 7.67. The van der Waals surface area contributed by atoms with Crippen LogP contribution >= 0.6 is 0 Å². The van der Waals surface area contributed by atoms with Gasteiger partial charge in [0.05, 0.1) is 13.2 Å². The summed E-state index contributed by atoms with van der Waals surface area (Å²) in [6.45, 7) is 0. The molecule has 4 rings (SSSR count). The Hall–Kier alpha value is -2.75. The number of carbonyl (C=O) groups is 1. The van der Waals surface area contributed by atoms with E-state index >= 15 is 0 Å². The van der Waals surface area contributed by atoms with Gasteiger partial charge in [0.1, 0.15) is 0 Å². The molecule has 0 amide bonds. The first kappa shape index (κ1) is 18.6. The Balaban J connectivity index is 1.50. The number of carbonyl (C=O) groups excluding carboxylic acids is 1. The average molecular weight is 377 g/mol. The van der Waals surface area contributed by atoms with Gasteiger partial charge in [0.15, 0.2) is 17.3 Å². The molecule has 2 aromatic rings. The number of hydrogen-bond acceptors (Lipinski definition) is 4. The zero-order chi connectivity index (χ0) is 19.3. The van der Waals surface area contributed by atoms with Crippen LogP contribution in [0.15, 0.2) is 60.3 Å². The van der Waals surface area contributed by atoms with Crippen molar-refractivity contribution >= 4 is 11.5 Å². The molecule has 0 spiro atoms. The predicted octanol–water partition coefficient (Wildman–Crippen LogP) is 5.46. The third-order valence-electron chi connectivity index (χ3n) is 5.58. The van der Waals surface area contributed by atoms with E-state index in [1.165, 1.54) is 18.4 Å². The van der Waals surface area contributed by atoms with Crippen LogP contribution in [0.2, 0.25) is 0 Å². The van der Waals surface area contributed by atoms with Crippen LogP contribution in [0.1, 0.15) is 50.0 Å². The summed E-state index contributed by atoms with van der Waals surface area (Å²) in [5.41, 5.74) is 3.08. The van der Waals surface area contributed by atoms with Crippen molar-refractivity contribution in [2.75, 3.05) is 12.4 Å². The van der Waals surface area contributed by atoms with Crippen molar-refractivity contribution in [3.63, 3.8) is 0 Å². The van der Waals surface area contributed by atoms with Crippen LogP contribution in [0.3, 0.4) is 0 Å². The second-order valence-electron chi connectivity index (χ2n) is 7.67. The molecule has 0 aliphatic heterocycles. The molecule has 1 atom stereocenters. The number of ether oxygens (including phenoxy) is 2. The van der Waals surface area contributed by atoms with Gasteiger partial charge in [-0.1, -0.05) is 30.3 Å². The Morgan fingerprint density at radius 3 is 2.50 bits per heavy atom. The highest BCUT2D eigenvalue weighted by atomic mass is 16.5. The van der Waals surface area contributed by atoms with Crippen molar-refractivity contribution in [3.8, 4) is 11.5 Å². The number of rotatable bonds is 6. The van der Waals surface area contributed by atoms with E-state index in [0.29, 0.717) is 6.42 Å². The van der Waals surface area contributed by atoms with Gasteiger partial charge in [0.25, 0.3) is 0 Å². The second kappa shape index (κ2) is 8.51. The molecule has 28 heavy (non-hydrogen) atoms. The predicted molar refractivity (Wildman–Crippen MR) is 111 cm³/mol. The summed E-state index contributed by atoms with van der Waals surface area (Å²) in [6, 6.07) is 16.1. The van der Waals surface area contributed by atoms with Gasteiger partial charge < -0.3 is 14.8 Å². The largest absolute Gasteiger partial charge is 0.493 e. The molecule has 0 aromatic heterocycles. The van der Waals surface area contributed by atoms with Crippen molar-refractivity contribution in [2.45, 2.75) is 50.5 Å². The molecule has 2 aromatic carbocycles. The molecule has 0 radical (unpaired) electrons. The normalized spacial score (nSPS) is 20.0. The van der Waals surface area contributed by atoms with Crippen LogP contribution in [-0.2, 0) is 4.79 Å². The lowest BCUT2D eigenvalue weighted by molar-refractivity contribution is -0.115. The number of anilines is 1. The number of nitrogens with one attached hydrogen (secondary N) is 1. The first-order valence-corrected chi connectivity index (χ1v) is 10.1. The number of ketones is 1. The number of benzene rings is 2. The maximum absolute atomic E-state index is 12.3. The Labute approximate surface area is 166 Å². The minimum atomic E-state index is 0.165. The van der Waals surface area contributed by atoms with Gasteiger partial charge in [-0.2, -0.15) is 0 Å². The van der Waals surface area contributed by atoms with Gasteiger partial charge in [-0.15, -0.1) is 0 Å². The van der Waals surface area contributed by atoms with E-state index in [9.17, 15) is 4.79 Å². The van der Waals surface area contributed by atoms with E-state index in [4.69, 9.17) is 9.47 Å². The van der Waals surface area contributed by atoms with E-state index in [1.54, 1.807) is 13.2 Å². The SMILES string of the molecule is COc1ccc(NC2=CC(=O)CC(c3ccccc3)C2)cc1OC1CCCC1. The Morgan fingerprint density at radius 2 is 1.75 bits per heavy atom. The average Bonchev–Trinajstić information content (AvgIpc) is 3.22. The maximum atomic E-state index is 12.3. The molecule has 146 valence electrons. The Morgan fingerprint density at radius 1 is 0.964 bits per heavy atom. The lowest BCUT2D eigenvalue weighted by Crippen LogP contribution is -2.17. The van der Waals surface area contributed by atoms with Crippen molar-refractivity contribution in [1.82, 2.24) is 0 Å². The molecule has 0 heterocycles. The van der Waals surface area contributed by atoms with Crippen LogP contribution in [0, 0.1) is 0 Å². The lowest BCUT2D eigenvalue weighted by Gasteiger charge is -2.24. The topological polar surface area (TPSA) is 47.6 Å². The summed E-state index contributed by atoms with van der Waals surface area (Å²) >= 11 is 0. The highest BCUT2D eigenvalue weighted by Crippen LogP contribution is 2.36. The molecule has 1 saturated carbocycles. The molecule has 1 unspecified atom stereocenters. The molecule has 4 nitrogen and oxygen atoms in total. The highest BCUT2D eigenvalue weighted by Gasteiger charge is 2.23. The quantitative estimate of drug-likeness (QED) is 0.726. The van der Waals surface area contributed by atoms with Gasteiger partial charge >= 0.3 is 0 Å². The zero-order valence-electron chi connectivity index (χ0n) is 16.3. The monoisotopic (exact) mass is 377 g/mol. The van der Waals surface area contributed by atoms with Crippen LogP contribution in [0.5, 0.6) is 11.5 Å². The third-order valence-corrected chi connectivity index (χ3v) is 5.58. The van der Waals surface area contributed by atoms with E-state index in [-0.39, 0.29) is 17.8 Å². The molecule has 0 saturated heterocycles. The van der Waals surface area contributed by atoms with Gasteiger partial charge in [0.2, 0.25) is 0 Å². The van der Waals surface area contributed by atoms with Crippen LogP contribution in [0.25, 0.3) is 0 Å². The fraction of sp³-hybridized carbons (Fsp3) is 0.375. The first-order valence-electron chi connectivity index (χ1n) is 10.1. The Bertz CT molecular complexity index is 853. The molecule has 0 bridgehead atoms. The van der Waals surface area contributed by atoms with Crippen molar-refractivity contribution in [3.05, 3.63) is 65.9 Å². The maximum Gasteiger partial charge on any atom is 0.163 e. The van der Waals surface area contributed by atoms with Gasteiger partial charge in [-0.3, -0.25) is 4.79 Å². The summed E-state index contributed by atoms with van der Waals surface area (Å²) in [6.07, 6.45) is 8.03. The summed E-state index contributed by atoms with van der Waals surface area (Å²) < 4.78 is 11.7. The van der Waals surface area contributed by atoms with Crippen LogP contribution < -0.4 is 14.8 Å². The molecule has 1 fully saturated rings. The van der Waals surface area contributed by atoms with Gasteiger partial charge in [0, 0.05) is 29.9 Å². The first-order chi connectivity index (χ1) is 13.7. The van der Waals surface area contributed by atoms with Gasteiger partial charge in [-0.25, -0.2) is 0 Å². The molecule has 2 aliphatic carbocycles. The van der Waals surface area contributed by atoms with E-state index in [1.807, 2.05) is 36.4 Å². The van der Waals surface area contributed by atoms with Gasteiger partial charge in [-0.05, 0) is 55.7 Å². The van der Waals surface area contributed by atoms with E-state index < -0.39 is 0 Å². The molecule has 1 N–H and O–H groups in total. The summed E-state index contributed by atoms with van der Waals surface area (Å²) in [5.74, 6) is 1.89. The van der Waals surface area contributed by atoms with Crippen molar-refractivity contribution in [1.29, 1.82) is 0 Å². The summed E-state index contributed by atoms with van der Waals surface area (Å²) in [7, 11) is 1.66. The van der Waals surface area contributed by atoms with Crippen molar-refractivity contribution in [2.24, 2.45) is 0 Å². The minimum absolute atomic E-state index is 0.165. The molecule has 2 aliphatic rings. The Kier molecular flexibility index (Phi) is 5.65. The lowest BCUT2D eigenvalue weighted by atomic mass is 9.85. The van der Waals surface area contributed by atoms with E-state index in [2.05, 4.69) is 17.4 Å². The molecular formula is C24H27NO3. The molecule has 4 heteroatoms. The standard InChI is InChI=1S/C24H27NO3/c1-27-23-12-11-19(16-24(23)28-22-9-5-6-10-22)25-20-13-18(14-21(26)15-20)17-7-3-2-4-8-17/h2-4,7-8,11-12,15-16,18,22,25H,5-6,9-10,13-14H2,1H3. The number of hydrogen-bond donors (Lipinski definition) is 1. The minimum Gasteiger partial charge on any atom is -0.493 e. The molecular weight excluding hydrogens is 350 g/mol. The zero-order valence-corrected chi connectivity index (χ0v) is 16.3. The fourth-order valence-corrected chi connectivity index (χ4v) is 4.16. The van der Waals surface area contributed by atoms with E-state index in [0.717, 1.165) is 42.1 Å². The van der Waals surface area contributed by atoms with Crippen LogP contribution in [0.4, 0.5) is 5.69 Å². The number of methoxy groups -OCH3 is 1. The van der Waals surface area contributed by atoms with Crippen LogP contribution in [-0.4, -0.2) is 19.0 Å². The number of allylic oxidation sites excluding steroid dienone is 2. The summed E-state index contributed by atoms with van der Waals surface area (Å²) in [5, 5.41) is 3.43.